The average molecular weight is 506 g/mol. The summed E-state index contributed by atoms with van der Waals surface area (Å²) in [5.74, 6) is 2.56. The summed E-state index contributed by atoms with van der Waals surface area (Å²) >= 11 is 0. The second kappa shape index (κ2) is 16.9. The summed E-state index contributed by atoms with van der Waals surface area (Å²) in [6.45, 7) is 7.43. The lowest BCUT2D eigenvalue weighted by Gasteiger charge is -2.14. The first-order chi connectivity index (χ1) is 18.2. The van der Waals surface area contributed by atoms with Crippen LogP contribution in [0.4, 0.5) is 0 Å². The van der Waals surface area contributed by atoms with Crippen LogP contribution in [-0.2, 0) is 0 Å². The molecule has 3 rings (SSSR count). The molecule has 4 heteroatoms. The third kappa shape index (κ3) is 10.6. The standard InChI is InChI=1S/C33H47NO3/c1-4-6-8-10-11-12-13-15-25-35-30-21-17-28(18-22-30)32-26-33(37-34-32)29-19-23-31(24-20-29)36-27(3)16-14-9-7-5-2/h17-24,26-27H,4-16,25H2,1-3H3/t27-/m1/s1. The maximum Gasteiger partial charge on any atom is 0.167 e. The zero-order chi connectivity index (χ0) is 26.1. The lowest BCUT2D eigenvalue weighted by Crippen LogP contribution is -2.11. The quantitative estimate of drug-likeness (QED) is 0.152. The van der Waals surface area contributed by atoms with E-state index in [2.05, 4.69) is 25.9 Å². The van der Waals surface area contributed by atoms with Crippen LogP contribution in [0.15, 0.2) is 59.1 Å². The summed E-state index contributed by atoms with van der Waals surface area (Å²) in [6.07, 6.45) is 16.9. The van der Waals surface area contributed by atoms with Gasteiger partial charge < -0.3 is 14.0 Å². The number of ether oxygens (including phenoxy) is 2. The minimum atomic E-state index is 0.229. The zero-order valence-electron chi connectivity index (χ0n) is 23.3. The second-order valence-corrected chi connectivity index (χ2v) is 10.2. The molecule has 0 saturated carbocycles. The van der Waals surface area contributed by atoms with Crippen LogP contribution in [-0.4, -0.2) is 17.9 Å². The van der Waals surface area contributed by atoms with Crippen molar-refractivity contribution in [2.75, 3.05) is 6.61 Å². The Morgan fingerprint density at radius 2 is 1.24 bits per heavy atom. The SMILES string of the molecule is CCCCCCCCCCOc1ccc(-c2cc(-c3ccc(O[C@H](C)CCCCCC)cc3)on2)cc1. The number of benzene rings is 2. The van der Waals surface area contributed by atoms with E-state index in [1.54, 1.807) is 0 Å². The van der Waals surface area contributed by atoms with Gasteiger partial charge >= 0.3 is 0 Å². The van der Waals surface area contributed by atoms with Crippen molar-refractivity contribution >= 4 is 0 Å². The molecule has 37 heavy (non-hydrogen) atoms. The van der Waals surface area contributed by atoms with Crippen molar-refractivity contribution in [1.82, 2.24) is 5.16 Å². The molecule has 0 fully saturated rings. The molecule has 0 aliphatic rings. The van der Waals surface area contributed by atoms with E-state index in [4.69, 9.17) is 14.0 Å². The molecule has 202 valence electrons. The van der Waals surface area contributed by atoms with E-state index in [9.17, 15) is 0 Å². The van der Waals surface area contributed by atoms with Crippen molar-refractivity contribution < 1.29 is 14.0 Å². The predicted molar refractivity (Wildman–Crippen MR) is 154 cm³/mol. The summed E-state index contributed by atoms with van der Waals surface area (Å²) in [5, 5.41) is 4.29. The van der Waals surface area contributed by atoms with Gasteiger partial charge in [0.15, 0.2) is 5.76 Å². The minimum Gasteiger partial charge on any atom is -0.494 e. The Labute approximate surface area is 224 Å². The van der Waals surface area contributed by atoms with Gasteiger partial charge in [0.1, 0.15) is 17.2 Å². The molecule has 1 atom stereocenters. The zero-order valence-corrected chi connectivity index (χ0v) is 23.3. The van der Waals surface area contributed by atoms with Crippen LogP contribution in [0.5, 0.6) is 11.5 Å². The highest BCUT2D eigenvalue weighted by molar-refractivity contribution is 5.67. The summed E-state index contributed by atoms with van der Waals surface area (Å²) in [4.78, 5) is 0. The van der Waals surface area contributed by atoms with Gasteiger partial charge in [-0.25, -0.2) is 0 Å². The fraction of sp³-hybridized carbons (Fsp3) is 0.545. The Bertz CT molecular complexity index is 978. The van der Waals surface area contributed by atoms with E-state index in [0.717, 1.165) is 53.5 Å². The highest BCUT2D eigenvalue weighted by Crippen LogP contribution is 2.29. The van der Waals surface area contributed by atoms with E-state index in [0.29, 0.717) is 0 Å². The molecule has 4 nitrogen and oxygen atoms in total. The van der Waals surface area contributed by atoms with Gasteiger partial charge in [0.05, 0.1) is 12.7 Å². The van der Waals surface area contributed by atoms with Gasteiger partial charge in [0.2, 0.25) is 0 Å². The Kier molecular flexibility index (Phi) is 13.2. The summed E-state index contributed by atoms with van der Waals surface area (Å²) in [6, 6.07) is 18.2. The molecule has 2 aromatic carbocycles. The number of unbranched alkanes of at least 4 members (excludes halogenated alkanes) is 10. The lowest BCUT2D eigenvalue weighted by molar-refractivity contribution is 0.206. The minimum absolute atomic E-state index is 0.229. The number of hydrogen-bond acceptors (Lipinski definition) is 4. The Morgan fingerprint density at radius 1 is 0.676 bits per heavy atom. The molecule has 0 N–H and O–H groups in total. The number of hydrogen-bond donors (Lipinski definition) is 0. The first-order valence-electron chi connectivity index (χ1n) is 14.7. The maximum atomic E-state index is 6.08. The molecule has 1 aromatic heterocycles. The number of rotatable bonds is 19. The van der Waals surface area contributed by atoms with Gasteiger partial charge in [0.25, 0.3) is 0 Å². The maximum absolute atomic E-state index is 6.08. The predicted octanol–water partition coefficient (Wildman–Crippen LogP) is 10.3. The number of nitrogens with zero attached hydrogens (tertiary/aromatic N) is 1. The molecule has 0 bridgehead atoms. The molecule has 0 aliphatic carbocycles. The number of aromatic nitrogens is 1. The molecule has 0 aliphatic heterocycles. The highest BCUT2D eigenvalue weighted by atomic mass is 16.5. The monoisotopic (exact) mass is 505 g/mol. The van der Waals surface area contributed by atoms with Gasteiger partial charge in [0, 0.05) is 17.2 Å². The molecular formula is C33H47NO3. The van der Waals surface area contributed by atoms with Crippen molar-refractivity contribution in [2.24, 2.45) is 0 Å². The molecule has 1 heterocycles. The Balaban J connectivity index is 1.41. The Morgan fingerprint density at radius 3 is 1.92 bits per heavy atom. The van der Waals surface area contributed by atoms with E-state index < -0.39 is 0 Å². The molecule has 0 unspecified atom stereocenters. The topological polar surface area (TPSA) is 44.5 Å². The normalized spacial score (nSPS) is 12.0. The van der Waals surface area contributed by atoms with Crippen LogP contribution >= 0.6 is 0 Å². The van der Waals surface area contributed by atoms with Crippen LogP contribution in [0, 0.1) is 0 Å². The van der Waals surface area contributed by atoms with Crippen molar-refractivity contribution in [3.63, 3.8) is 0 Å². The fourth-order valence-corrected chi connectivity index (χ4v) is 4.54. The molecular weight excluding hydrogens is 458 g/mol. The van der Waals surface area contributed by atoms with Crippen LogP contribution in [0.2, 0.25) is 0 Å². The smallest absolute Gasteiger partial charge is 0.167 e. The first kappa shape index (κ1) is 28.8. The van der Waals surface area contributed by atoms with Gasteiger partial charge in [-0.05, 0) is 74.7 Å². The van der Waals surface area contributed by atoms with Crippen molar-refractivity contribution in [2.45, 2.75) is 110 Å². The summed E-state index contributed by atoms with van der Waals surface area (Å²) in [7, 11) is 0. The first-order valence-corrected chi connectivity index (χ1v) is 14.7. The lowest BCUT2D eigenvalue weighted by atomic mass is 10.1. The van der Waals surface area contributed by atoms with Crippen molar-refractivity contribution in [1.29, 1.82) is 0 Å². The van der Waals surface area contributed by atoms with Gasteiger partial charge in [-0.15, -0.1) is 0 Å². The van der Waals surface area contributed by atoms with Gasteiger partial charge in [-0.3, -0.25) is 0 Å². The molecule has 0 amide bonds. The molecule has 0 radical (unpaired) electrons. The van der Waals surface area contributed by atoms with Gasteiger partial charge in [-0.2, -0.15) is 0 Å². The third-order valence-corrected chi connectivity index (χ3v) is 6.87. The molecule has 0 spiro atoms. The van der Waals surface area contributed by atoms with E-state index in [1.807, 2.05) is 54.6 Å². The third-order valence-electron chi connectivity index (χ3n) is 6.87. The van der Waals surface area contributed by atoms with E-state index in [1.165, 1.54) is 70.6 Å². The Hall–Kier alpha value is -2.75. The fourth-order valence-electron chi connectivity index (χ4n) is 4.54. The second-order valence-electron chi connectivity index (χ2n) is 10.2. The van der Waals surface area contributed by atoms with Crippen molar-refractivity contribution in [3.8, 4) is 34.1 Å². The average Bonchev–Trinajstić information content (AvgIpc) is 3.41. The van der Waals surface area contributed by atoms with Crippen LogP contribution in [0.25, 0.3) is 22.6 Å². The van der Waals surface area contributed by atoms with Crippen molar-refractivity contribution in [3.05, 3.63) is 54.6 Å². The summed E-state index contributed by atoms with van der Waals surface area (Å²) in [5.41, 5.74) is 2.84. The largest absolute Gasteiger partial charge is 0.494 e. The molecule has 0 saturated heterocycles. The summed E-state index contributed by atoms with van der Waals surface area (Å²) < 4.78 is 17.7. The van der Waals surface area contributed by atoms with Crippen LogP contribution in [0.3, 0.4) is 0 Å². The van der Waals surface area contributed by atoms with Gasteiger partial charge in [-0.1, -0.05) is 83.2 Å². The molecule has 3 aromatic rings. The van der Waals surface area contributed by atoms with Crippen LogP contribution in [0.1, 0.15) is 104 Å². The van der Waals surface area contributed by atoms with E-state index >= 15 is 0 Å². The van der Waals surface area contributed by atoms with E-state index in [-0.39, 0.29) is 6.10 Å². The highest BCUT2D eigenvalue weighted by Gasteiger charge is 2.10. The van der Waals surface area contributed by atoms with Crippen LogP contribution < -0.4 is 9.47 Å².